The van der Waals surface area contributed by atoms with Gasteiger partial charge in [0.25, 0.3) is 6.29 Å². The highest BCUT2D eigenvalue weighted by Crippen LogP contribution is 2.18. The van der Waals surface area contributed by atoms with Crippen molar-refractivity contribution in [2.75, 3.05) is 47.5 Å². The summed E-state index contributed by atoms with van der Waals surface area (Å²) in [7, 11) is 5.96. The predicted octanol–water partition coefficient (Wildman–Crippen LogP) is 22.8. The van der Waals surface area contributed by atoms with Gasteiger partial charge in [0.1, 0.15) is 13.2 Å². The van der Waals surface area contributed by atoms with Crippen LogP contribution in [0.15, 0.2) is 97.2 Å². The van der Waals surface area contributed by atoms with Crippen LogP contribution in [0.4, 0.5) is 0 Å². The van der Waals surface area contributed by atoms with Gasteiger partial charge in [0.15, 0.2) is 6.10 Å². The molecule has 0 spiro atoms. The Labute approximate surface area is 537 Å². The van der Waals surface area contributed by atoms with Gasteiger partial charge in [-0.1, -0.05) is 310 Å². The quantitative estimate of drug-likeness (QED) is 0.0211. The number of hydrogen-bond acceptors (Lipinski definition) is 7. The van der Waals surface area contributed by atoms with Crippen LogP contribution in [-0.2, 0) is 33.3 Å². The number of carboxylic acids is 1. The molecule has 1 N–H and O–H groups in total. The van der Waals surface area contributed by atoms with Crippen LogP contribution in [0, 0.1) is 0 Å². The molecule has 0 aromatic rings. The van der Waals surface area contributed by atoms with Gasteiger partial charge in [0, 0.05) is 12.8 Å². The number of ether oxygens (including phenoxy) is 4. The van der Waals surface area contributed by atoms with Gasteiger partial charge < -0.3 is 28.5 Å². The average Bonchev–Trinajstić information content (AvgIpc) is 3.57. The lowest BCUT2D eigenvalue weighted by Crippen LogP contribution is -2.40. The SMILES string of the molecule is CC/C=C\C/C=C\C/C=C\C/C=C\C/C=C\C/C=C\CCCCC(=O)OC(COC(=O)CCCCCCCCCCCCCCCCCCCCCCCCCCCCCCC/C=C\C/C=C\CCCCCCC)COC(OCC[N+](C)(C)C)C(=O)O. The predicted molar refractivity (Wildman–Crippen MR) is 373 cm³/mol. The van der Waals surface area contributed by atoms with Crippen molar-refractivity contribution >= 4 is 17.9 Å². The molecule has 0 saturated heterocycles. The lowest BCUT2D eigenvalue weighted by atomic mass is 10.0. The Morgan fingerprint density at radius 1 is 0.356 bits per heavy atom. The summed E-state index contributed by atoms with van der Waals surface area (Å²) in [6.07, 6.45) is 91.3. The molecule has 0 aliphatic rings. The monoisotopic (exact) mass is 1220 g/mol. The molecule has 2 atom stereocenters. The topological polar surface area (TPSA) is 108 Å². The van der Waals surface area contributed by atoms with Gasteiger partial charge >= 0.3 is 17.9 Å². The molecule has 9 nitrogen and oxygen atoms in total. The largest absolute Gasteiger partial charge is 0.477 e. The third-order valence-corrected chi connectivity index (χ3v) is 15.8. The second kappa shape index (κ2) is 68.1. The van der Waals surface area contributed by atoms with E-state index in [2.05, 4.69) is 111 Å². The van der Waals surface area contributed by atoms with Gasteiger partial charge in [0.2, 0.25) is 0 Å². The number of rotatable bonds is 67. The second-order valence-corrected chi connectivity index (χ2v) is 25.5. The third-order valence-electron chi connectivity index (χ3n) is 15.8. The van der Waals surface area contributed by atoms with Crippen LogP contribution in [0.25, 0.3) is 0 Å². The van der Waals surface area contributed by atoms with Crippen LogP contribution in [0.2, 0.25) is 0 Å². The molecule has 0 rings (SSSR count). The highest BCUT2D eigenvalue weighted by atomic mass is 16.7. The molecule has 0 heterocycles. The summed E-state index contributed by atoms with van der Waals surface area (Å²) >= 11 is 0. The number of carboxylic acid groups (broad SMARTS) is 1. The van der Waals surface area contributed by atoms with E-state index in [9.17, 15) is 19.5 Å². The summed E-state index contributed by atoms with van der Waals surface area (Å²) in [5, 5.41) is 9.73. The second-order valence-electron chi connectivity index (χ2n) is 25.5. The number of likely N-dealkylation sites (N-methyl/N-ethyl adjacent to an activating group) is 1. The Balaban J connectivity index is 3.99. The van der Waals surface area contributed by atoms with Crippen LogP contribution in [0.1, 0.15) is 322 Å². The number of hydrogen-bond donors (Lipinski definition) is 1. The molecule has 0 bridgehead atoms. The maximum absolute atomic E-state index is 12.9. The summed E-state index contributed by atoms with van der Waals surface area (Å²) in [5.41, 5.74) is 0. The molecule has 0 aromatic heterocycles. The summed E-state index contributed by atoms with van der Waals surface area (Å²) in [4.78, 5) is 37.6. The minimum absolute atomic E-state index is 0.176. The first-order valence-electron chi connectivity index (χ1n) is 36.4. The van der Waals surface area contributed by atoms with E-state index in [1.807, 2.05) is 21.1 Å². The van der Waals surface area contributed by atoms with Gasteiger partial charge in [-0.3, -0.25) is 9.59 Å². The summed E-state index contributed by atoms with van der Waals surface area (Å²) < 4.78 is 22.9. The number of nitrogens with zero attached hydrogens (tertiary/aromatic N) is 1. The van der Waals surface area contributed by atoms with Crippen molar-refractivity contribution in [2.24, 2.45) is 0 Å². The zero-order valence-corrected chi connectivity index (χ0v) is 57.4. The summed E-state index contributed by atoms with van der Waals surface area (Å²) in [6.45, 7) is 4.72. The molecule has 0 radical (unpaired) electrons. The highest BCUT2D eigenvalue weighted by Gasteiger charge is 2.25. The first-order chi connectivity index (χ1) is 42.6. The fraction of sp³-hybridized carbons (Fsp3) is 0.756. The molecule has 0 aliphatic carbocycles. The van der Waals surface area contributed by atoms with Crippen molar-refractivity contribution < 1.29 is 42.9 Å². The van der Waals surface area contributed by atoms with E-state index in [1.54, 1.807) is 0 Å². The van der Waals surface area contributed by atoms with Crippen LogP contribution in [0.5, 0.6) is 0 Å². The van der Waals surface area contributed by atoms with E-state index in [0.717, 1.165) is 77.0 Å². The highest BCUT2D eigenvalue weighted by molar-refractivity contribution is 5.71. The Morgan fingerprint density at radius 2 is 0.655 bits per heavy atom. The number of aliphatic carboxylic acids is 1. The van der Waals surface area contributed by atoms with Crippen molar-refractivity contribution in [3.05, 3.63) is 97.2 Å². The number of carbonyl (C=O) groups is 3. The summed E-state index contributed by atoms with van der Waals surface area (Å²) in [5.74, 6) is -2.06. The minimum Gasteiger partial charge on any atom is -0.477 e. The smallest absolute Gasteiger partial charge is 0.361 e. The van der Waals surface area contributed by atoms with Crippen LogP contribution in [0.3, 0.4) is 0 Å². The molecule has 0 fully saturated rings. The van der Waals surface area contributed by atoms with Gasteiger partial charge in [-0.15, -0.1) is 0 Å². The van der Waals surface area contributed by atoms with Crippen molar-refractivity contribution in [3.8, 4) is 0 Å². The van der Waals surface area contributed by atoms with Crippen molar-refractivity contribution in [2.45, 2.75) is 334 Å². The van der Waals surface area contributed by atoms with Gasteiger partial charge in [-0.25, -0.2) is 4.79 Å². The van der Waals surface area contributed by atoms with Crippen LogP contribution < -0.4 is 0 Å². The number of quaternary nitrogens is 1. The van der Waals surface area contributed by atoms with Gasteiger partial charge in [-0.2, -0.15) is 0 Å². The normalized spacial score (nSPS) is 13.3. The molecule has 87 heavy (non-hydrogen) atoms. The molecule has 2 unspecified atom stereocenters. The molecule has 0 aromatic carbocycles. The number of esters is 2. The van der Waals surface area contributed by atoms with Crippen LogP contribution >= 0.6 is 0 Å². The summed E-state index contributed by atoms with van der Waals surface area (Å²) in [6, 6.07) is 0. The molecule has 0 aliphatic heterocycles. The standard InChI is InChI=1S/C78H137NO8/c1-6-8-10-12-14-16-18-20-22-24-26-28-29-30-31-32-33-34-35-36-37-38-39-40-41-42-43-44-45-46-47-49-50-52-54-56-58-60-62-64-66-68-75(80)85-72-74(73-86-78(77(82)83)84-71-70-79(3,4)5)87-76(81)69-67-65-63-61-59-57-55-53-51-48-27-25-23-21-19-17-15-13-11-9-7-2/h9,11,15,17-18,20-21,23-24,26-27,48,53,55,59,61,74,78H,6-8,10,12-14,16,19,22,25,28-47,49-52,54,56-58,60,62-73H2,1-5H3/p+1/b11-9-,17-15-,20-18-,23-21-,26-24-,48-27-,55-53-,61-59-. The Hall–Kier alpha value is -3.79. The zero-order valence-electron chi connectivity index (χ0n) is 57.4. The zero-order chi connectivity index (χ0) is 63.3. The first-order valence-corrected chi connectivity index (χ1v) is 36.4. The lowest BCUT2D eigenvalue weighted by Gasteiger charge is -2.25. The van der Waals surface area contributed by atoms with E-state index in [4.69, 9.17) is 18.9 Å². The van der Waals surface area contributed by atoms with Crippen molar-refractivity contribution in [1.82, 2.24) is 0 Å². The third kappa shape index (κ3) is 69.5. The molecule has 502 valence electrons. The first kappa shape index (κ1) is 83.2. The molecule has 0 amide bonds. The Morgan fingerprint density at radius 3 is 1.00 bits per heavy atom. The Bertz CT molecular complexity index is 1750. The number of unbranched alkanes of at least 4 members (excludes halogenated alkanes) is 36. The number of allylic oxidation sites excluding steroid dienone is 16. The van der Waals surface area contributed by atoms with Crippen molar-refractivity contribution in [1.29, 1.82) is 0 Å². The Kier molecular flexibility index (Phi) is 65.2. The van der Waals surface area contributed by atoms with Gasteiger partial charge in [0.05, 0.1) is 34.4 Å². The molecular weight excluding hydrogens is 1080 g/mol. The molecule has 9 heteroatoms. The fourth-order valence-electron chi connectivity index (χ4n) is 10.3. The maximum atomic E-state index is 12.9. The average molecular weight is 1220 g/mol. The lowest BCUT2D eigenvalue weighted by molar-refractivity contribution is -0.870. The van der Waals surface area contributed by atoms with E-state index >= 15 is 0 Å². The van der Waals surface area contributed by atoms with E-state index in [1.165, 1.54) is 212 Å². The fourth-order valence-corrected chi connectivity index (χ4v) is 10.3. The van der Waals surface area contributed by atoms with Crippen LogP contribution in [-0.4, -0.2) is 87.4 Å². The number of carbonyl (C=O) groups excluding carboxylic acids is 2. The van der Waals surface area contributed by atoms with Gasteiger partial charge in [-0.05, 0) is 96.3 Å². The van der Waals surface area contributed by atoms with Crippen molar-refractivity contribution in [3.63, 3.8) is 0 Å². The van der Waals surface area contributed by atoms with E-state index < -0.39 is 24.3 Å². The molecule has 0 saturated carbocycles. The maximum Gasteiger partial charge on any atom is 0.361 e. The molecular formula is C78H138NO8+. The minimum atomic E-state index is -1.53. The van der Waals surface area contributed by atoms with E-state index in [0.29, 0.717) is 23.9 Å². The van der Waals surface area contributed by atoms with E-state index in [-0.39, 0.29) is 32.2 Å².